The van der Waals surface area contributed by atoms with E-state index in [0.717, 1.165) is 19.3 Å². The minimum Gasteiger partial charge on any atom is -1.00 e. The van der Waals surface area contributed by atoms with Gasteiger partial charge in [0.15, 0.2) is 0 Å². The molecule has 3 heteroatoms. The Morgan fingerprint density at radius 3 is 2.29 bits per heavy atom. The van der Waals surface area contributed by atoms with E-state index in [-0.39, 0.29) is 37.0 Å². The molecule has 0 aliphatic heterocycles. The van der Waals surface area contributed by atoms with Crippen LogP contribution >= 0.6 is 0 Å². The van der Waals surface area contributed by atoms with Gasteiger partial charge in [-0.3, -0.25) is 4.79 Å². The van der Waals surface area contributed by atoms with Crippen LogP contribution in [0.2, 0.25) is 0 Å². The van der Waals surface area contributed by atoms with Crippen molar-refractivity contribution in [2.45, 2.75) is 58.8 Å². The third-order valence-electron chi connectivity index (χ3n) is 1.95. The van der Waals surface area contributed by atoms with Gasteiger partial charge in [0.25, 0.3) is 0 Å². The molecule has 0 aromatic heterocycles. The zero-order valence-corrected chi connectivity index (χ0v) is 12.0. The van der Waals surface area contributed by atoms with Crippen LogP contribution in [0.25, 0.3) is 0 Å². The van der Waals surface area contributed by atoms with E-state index in [1.807, 2.05) is 6.92 Å². The summed E-state index contributed by atoms with van der Waals surface area (Å²) in [5.74, 6) is -0.0293. The van der Waals surface area contributed by atoms with Crippen LogP contribution in [-0.2, 0) is 9.53 Å². The second-order valence-corrected chi connectivity index (χ2v) is 3.38. The molecule has 0 amide bonds. The zero-order chi connectivity index (χ0) is 9.94. The molecule has 0 heterocycles. The van der Waals surface area contributed by atoms with Crippen LogP contribution in [0.4, 0.5) is 0 Å². The monoisotopic (exact) mass is 210 g/mol. The summed E-state index contributed by atoms with van der Waals surface area (Å²) in [6, 6.07) is 0. The molecule has 0 rings (SSSR count). The second kappa shape index (κ2) is 13.5. The van der Waals surface area contributed by atoms with Crippen LogP contribution < -0.4 is 29.6 Å². The van der Waals surface area contributed by atoms with E-state index in [4.69, 9.17) is 4.74 Å². The molecule has 0 spiro atoms. The number of ether oxygens (including phenoxy) is 1. The molecule has 0 unspecified atom stereocenters. The number of carbonyl (C=O) groups excluding carboxylic acids is 1. The number of esters is 1. The minimum atomic E-state index is -0.0293. The molecule has 2 nitrogen and oxygen atoms in total. The summed E-state index contributed by atoms with van der Waals surface area (Å²) in [6.45, 7) is 4.78. The van der Waals surface area contributed by atoms with E-state index < -0.39 is 0 Å². The Kier molecular flexibility index (Phi) is 16.2. The van der Waals surface area contributed by atoms with Gasteiger partial charge in [-0.15, -0.1) is 0 Å². The first-order valence-electron chi connectivity index (χ1n) is 5.46. The van der Waals surface area contributed by atoms with Gasteiger partial charge in [-0.25, -0.2) is 0 Å². The van der Waals surface area contributed by atoms with Crippen molar-refractivity contribution in [3.8, 4) is 0 Å². The molecule has 0 aromatic rings. The SMILES string of the molecule is CCCCCCCC(=O)OCCC.[H-].[Na+]. The van der Waals surface area contributed by atoms with Crippen molar-refractivity contribution in [2.24, 2.45) is 0 Å². The maximum Gasteiger partial charge on any atom is 1.00 e. The van der Waals surface area contributed by atoms with Crippen LogP contribution in [0.3, 0.4) is 0 Å². The Labute approximate surface area is 112 Å². The molecule has 0 radical (unpaired) electrons. The first kappa shape index (κ1) is 16.9. The molecule has 0 saturated heterocycles. The number of hydrogen-bond acceptors (Lipinski definition) is 2. The summed E-state index contributed by atoms with van der Waals surface area (Å²) in [7, 11) is 0. The van der Waals surface area contributed by atoms with E-state index in [0.29, 0.717) is 13.0 Å². The molecule has 0 N–H and O–H groups in total. The predicted molar refractivity (Wildman–Crippen MR) is 55.7 cm³/mol. The summed E-state index contributed by atoms with van der Waals surface area (Å²) >= 11 is 0. The largest absolute Gasteiger partial charge is 1.00 e. The Morgan fingerprint density at radius 2 is 1.71 bits per heavy atom. The van der Waals surface area contributed by atoms with Gasteiger partial charge in [0.05, 0.1) is 6.61 Å². The Hall–Kier alpha value is 0.470. The molecule has 0 aliphatic carbocycles. The first-order valence-corrected chi connectivity index (χ1v) is 5.46. The van der Waals surface area contributed by atoms with E-state index in [1.165, 1.54) is 19.3 Å². The maximum absolute atomic E-state index is 11.0. The second-order valence-electron chi connectivity index (χ2n) is 3.38. The number of hydrogen-bond donors (Lipinski definition) is 0. The van der Waals surface area contributed by atoms with Gasteiger partial charge in [-0.2, -0.15) is 0 Å². The Morgan fingerprint density at radius 1 is 1.07 bits per heavy atom. The van der Waals surface area contributed by atoms with Crippen molar-refractivity contribution in [1.29, 1.82) is 0 Å². The minimum absolute atomic E-state index is 0. The van der Waals surface area contributed by atoms with E-state index >= 15 is 0 Å². The van der Waals surface area contributed by atoms with Gasteiger partial charge < -0.3 is 6.16 Å². The molecular weight excluding hydrogens is 187 g/mol. The summed E-state index contributed by atoms with van der Waals surface area (Å²) < 4.78 is 4.96. The van der Waals surface area contributed by atoms with Crippen LogP contribution in [0.15, 0.2) is 0 Å². The fourth-order valence-corrected chi connectivity index (χ4v) is 1.16. The van der Waals surface area contributed by atoms with Crippen molar-refractivity contribution in [2.75, 3.05) is 6.61 Å². The zero-order valence-electron chi connectivity index (χ0n) is 11.0. The van der Waals surface area contributed by atoms with E-state index in [2.05, 4.69) is 6.92 Å². The molecule has 0 saturated carbocycles. The van der Waals surface area contributed by atoms with Crippen molar-refractivity contribution in [3.63, 3.8) is 0 Å². The van der Waals surface area contributed by atoms with Crippen LogP contribution in [0, 0.1) is 0 Å². The first-order chi connectivity index (χ1) is 6.31. The van der Waals surface area contributed by atoms with Gasteiger partial charge >= 0.3 is 35.5 Å². The maximum atomic E-state index is 11.0. The fraction of sp³-hybridized carbons (Fsp3) is 0.909. The number of unbranched alkanes of at least 4 members (excludes halogenated alkanes) is 4. The van der Waals surface area contributed by atoms with Gasteiger partial charge in [-0.05, 0) is 12.8 Å². The Bertz CT molecular complexity index is 132. The average Bonchev–Trinajstić information content (AvgIpc) is 2.14. The van der Waals surface area contributed by atoms with Crippen molar-refractivity contribution in [3.05, 3.63) is 0 Å². The molecule has 0 fully saturated rings. The Balaban J connectivity index is -0.000000720. The summed E-state index contributed by atoms with van der Waals surface area (Å²) in [5.41, 5.74) is 0. The molecule has 0 aliphatic rings. The van der Waals surface area contributed by atoms with E-state index in [1.54, 1.807) is 0 Å². The molecule has 80 valence electrons. The molecule has 14 heavy (non-hydrogen) atoms. The third kappa shape index (κ3) is 12.5. The van der Waals surface area contributed by atoms with Gasteiger partial charge in [0, 0.05) is 6.42 Å². The number of carbonyl (C=O) groups is 1. The smallest absolute Gasteiger partial charge is 1.00 e. The summed E-state index contributed by atoms with van der Waals surface area (Å²) in [4.78, 5) is 11.0. The van der Waals surface area contributed by atoms with Crippen molar-refractivity contribution in [1.82, 2.24) is 0 Å². The van der Waals surface area contributed by atoms with Gasteiger partial charge in [0.1, 0.15) is 0 Å². The van der Waals surface area contributed by atoms with Crippen molar-refractivity contribution < 1.29 is 40.5 Å². The van der Waals surface area contributed by atoms with Crippen LogP contribution in [0.5, 0.6) is 0 Å². The summed E-state index contributed by atoms with van der Waals surface area (Å²) in [5, 5.41) is 0. The average molecular weight is 210 g/mol. The third-order valence-corrected chi connectivity index (χ3v) is 1.95. The standard InChI is InChI=1S/C11H22O2.Na.H/c1-3-5-6-7-8-9-11(12)13-10-4-2;;/h3-10H2,1-2H3;;/q;+1;-1. The van der Waals surface area contributed by atoms with E-state index in [9.17, 15) is 4.79 Å². The van der Waals surface area contributed by atoms with Crippen LogP contribution in [0.1, 0.15) is 60.2 Å². The molecular formula is C11H23NaO2. The molecule has 0 aromatic carbocycles. The van der Waals surface area contributed by atoms with Gasteiger partial charge in [0.2, 0.25) is 0 Å². The topological polar surface area (TPSA) is 26.3 Å². The quantitative estimate of drug-likeness (QED) is 0.330. The van der Waals surface area contributed by atoms with Crippen LogP contribution in [-0.4, -0.2) is 12.6 Å². The normalized spacial score (nSPS) is 9.29. The number of rotatable bonds is 8. The molecule has 0 atom stereocenters. The molecule has 0 bridgehead atoms. The van der Waals surface area contributed by atoms with Gasteiger partial charge in [-0.1, -0.05) is 39.5 Å². The predicted octanol–water partition coefficient (Wildman–Crippen LogP) is 0.417. The van der Waals surface area contributed by atoms with Crippen molar-refractivity contribution >= 4 is 5.97 Å². The fourth-order valence-electron chi connectivity index (χ4n) is 1.16. The summed E-state index contributed by atoms with van der Waals surface area (Å²) in [6.07, 6.45) is 7.45.